The number of carbonyl (C=O) groups excluding carboxylic acids is 1. The lowest BCUT2D eigenvalue weighted by atomic mass is 9.85. The van der Waals surface area contributed by atoms with E-state index in [1.165, 1.54) is 238 Å². The number of nitrogens with one attached hydrogen (secondary N) is 1. The number of rotatable bonds is 54. The summed E-state index contributed by atoms with van der Waals surface area (Å²) in [5.41, 5.74) is 0. The molecule has 0 saturated heterocycles. The molecule has 0 aromatic rings. The fraction of sp³-hybridized carbons (Fsp3) is 0.950. The number of hydrogen-bond acceptors (Lipinski definition) is 10. The fourth-order valence-corrected chi connectivity index (χ4v) is 11.3. The van der Waals surface area contributed by atoms with Crippen molar-refractivity contribution >= 4 is 13.7 Å². The Morgan fingerprint density at radius 3 is 1.04 bits per heavy atom. The van der Waals surface area contributed by atoms with Crippen molar-refractivity contribution in [3.05, 3.63) is 12.2 Å². The van der Waals surface area contributed by atoms with Gasteiger partial charge in [-0.15, -0.1) is 0 Å². The number of phosphoric ester groups is 1. The van der Waals surface area contributed by atoms with Gasteiger partial charge in [0.15, 0.2) is 0 Å². The zero-order valence-corrected chi connectivity index (χ0v) is 48.1. The van der Waals surface area contributed by atoms with Gasteiger partial charge in [-0.1, -0.05) is 296 Å². The van der Waals surface area contributed by atoms with E-state index in [0.717, 1.165) is 44.9 Å². The van der Waals surface area contributed by atoms with Gasteiger partial charge in [-0.25, -0.2) is 4.57 Å². The van der Waals surface area contributed by atoms with Crippen molar-refractivity contribution in [1.29, 1.82) is 0 Å². The van der Waals surface area contributed by atoms with Crippen LogP contribution in [-0.2, 0) is 18.4 Å². The number of phosphoric acid groups is 1. The van der Waals surface area contributed by atoms with Crippen LogP contribution in [0.15, 0.2) is 12.2 Å². The highest BCUT2D eigenvalue weighted by Gasteiger charge is 2.51. The highest BCUT2D eigenvalue weighted by Crippen LogP contribution is 2.47. The van der Waals surface area contributed by atoms with Crippen LogP contribution in [0.2, 0.25) is 0 Å². The third-order valence-electron chi connectivity index (χ3n) is 15.3. The van der Waals surface area contributed by atoms with Crippen molar-refractivity contribution in [2.45, 2.75) is 358 Å². The van der Waals surface area contributed by atoms with Gasteiger partial charge in [-0.2, -0.15) is 0 Å². The molecule has 73 heavy (non-hydrogen) atoms. The number of carbonyl (C=O) groups is 1. The Morgan fingerprint density at radius 2 is 0.726 bits per heavy atom. The van der Waals surface area contributed by atoms with Crippen LogP contribution in [-0.4, -0.2) is 96.8 Å². The largest absolute Gasteiger partial charge is 0.472 e. The Labute approximate surface area is 448 Å². The van der Waals surface area contributed by atoms with Gasteiger partial charge in [0.2, 0.25) is 5.91 Å². The zero-order valence-electron chi connectivity index (χ0n) is 47.2. The van der Waals surface area contributed by atoms with Crippen LogP contribution in [0.1, 0.15) is 309 Å². The van der Waals surface area contributed by atoms with Crippen molar-refractivity contribution in [2.75, 3.05) is 6.61 Å². The van der Waals surface area contributed by atoms with E-state index in [1.807, 2.05) is 6.08 Å². The summed E-state index contributed by atoms with van der Waals surface area (Å²) in [4.78, 5) is 23.5. The van der Waals surface area contributed by atoms with Gasteiger partial charge in [0, 0.05) is 6.42 Å². The lowest BCUT2D eigenvalue weighted by Crippen LogP contribution is -2.64. The summed E-state index contributed by atoms with van der Waals surface area (Å²) >= 11 is 0. The molecule has 0 radical (unpaired) electrons. The average molecular weight is 1060 g/mol. The molecule has 0 bridgehead atoms. The van der Waals surface area contributed by atoms with Crippen molar-refractivity contribution in [3.8, 4) is 0 Å². The van der Waals surface area contributed by atoms with Crippen LogP contribution in [0, 0.1) is 0 Å². The number of allylic oxidation sites excluding steroid dienone is 1. The summed E-state index contributed by atoms with van der Waals surface area (Å²) < 4.78 is 23.0. The smallest absolute Gasteiger partial charge is 0.387 e. The minimum absolute atomic E-state index is 0.219. The summed E-state index contributed by atoms with van der Waals surface area (Å²) in [6, 6.07) is -1.11. The lowest BCUT2D eigenvalue weighted by Gasteiger charge is -2.41. The SMILES string of the molecule is CCCCCCCCCCCC/C=C/[C@@H](O)[C@H](COP(=O)(O)OC1C(O)C(O)C(O)[C@@H](O)C1O)NC(=O)CCCCCCCCCCCCCCCCCCCCCCCCCCCCCCCCCCCC. The van der Waals surface area contributed by atoms with Crippen LogP contribution < -0.4 is 5.32 Å². The van der Waals surface area contributed by atoms with Crippen LogP contribution in [0.4, 0.5) is 0 Å². The second-order valence-corrected chi connectivity index (χ2v) is 23.7. The molecule has 1 saturated carbocycles. The van der Waals surface area contributed by atoms with E-state index in [2.05, 4.69) is 19.2 Å². The maximum Gasteiger partial charge on any atom is 0.472 e. The maximum atomic E-state index is 13.0. The van der Waals surface area contributed by atoms with Gasteiger partial charge in [0.05, 0.1) is 18.8 Å². The molecule has 0 spiro atoms. The third kappa shape index (κ3) is 40.0. The van der Waals surface area contributed by atoms with E-state index in [1.54, 1.807) is 6.08 Å². The first-order valence-corrected chi connectivity index (χ1v) is 32.6. The molecule has 1 aliphatic carbocycles. The third-order valence-corrected chi connectivity index (χ3v) is 16.3. The van der Waals surface area contributed by atoms with E-state index in [0.29, 0.717) is 6.42 Å². The molecule has 0 aromatic carbocycles. The van der Waals surface area contributed by atoms with Gasteiger partial charge >= 0.3 is 7.82 Å². The summed E-state index contributed by atoms with van der Waals surface area (Å²) in [6.07, 6.45) is 49.1. The number of aliphatic hydroxyl groups excluding tert-OH is 6. The van der Waals surface area contributed by atoms with E-state index in [9.17, 15) is 44.9 Å². The second-order valence-electron chi connectivity index (χ2n) is 22.3. The van der Waals surface area contributed by atoms with Gasteiger partial charge in [-0.3, -0.25) is 13.8 Å². The molecular formula is C60H118NO11P. The van der Waals surface area contributed by atoms with Crippen LogP contribution in [0.25, 0.3) is 0 Å². The quantitative estimate of drug-likeness (QED) is 0.0163. The molecule has 434 valence electrons. The van der Waals surface area contributed by atoms with E-state index in [-0.39, 0.29) is 12.3 Å². The van der Waals surface area contributed by atoms with Gasteiger partial charge in [0.25, 0.3) is 0 Å². The first-order chi connectivity index (χ1) is 35.4. The highest BCUT2D eigenvalue weighted by molar-refractivity contribution is 7.47. The molecular weight excluding hydrogens is 942 g/mol. The van der Waals surface area contributed by atoms with Crippen LogP contribution >= 0.6 is 7.82 Å². The Hall–Kier alpha value is -0.920. The van der Waals surface area contributed by atoms with Crippen molar-refractivity contribution in [2.24, 2.45) is 0 Å². The maximum absolute atomic E-state index is 13.0. The molecule has 1 aliphatic rings. The monoisotopic (exact) mass is 1060 g/mol. The minimum Gasteiger partial charge on any atom is -0.387 e. The number of aliphatic hydroxyl groups is 6. The topological polar surface area (TPSA) is 206 Å². The molecule has 1 amide bonds. The summed E-state index contributed by atoms with van der Waals surface area (Å²) in [6.45, 7) is 3.87. The first kappa shape index (κ1) is 70.1. The van der Waals surface area contributed by atoms with E-state index >= 15 is 0 Å². The summed E-state index contributed by atoms with van der Waals surface area (Å²) in [7, 11) is -5.08. The molecule has 1 fully saturated rings. The Balaban J connectivity index is 2.15. The molecule has 8 N–H and O–H groups in total. The van der Waals surface area contributed by atoms with E-state index in [4.69, 9.17) is 9.05 Å². The molecule has 12 nitrogen and oxygen atoms in total. The number of hydrogen-bond donors (Lipinski definition) is 8. The van der Waals surface area contributed by atoms with Crippen molar-refractivity contribution < 1.29 is 53.9 Å². The molecule has 6 unspecified atom stereocenters. The Morgan fingerprint density at radius 1 is 0.452 bits per heavy atom. The number of amides is 1. The molecule has 0 aliphatic heterocycles. The average Bonchev–Trinajstić information content (AvgIpc) is 3.38. The lowest BCUT2D eigenvalue weighted by molar-refractivity contribution is -0.220. The van der Waals surface area contributed by atoms with Crippen molar-refractivity contribution in [3.63, 3.8) is 0 Å². The predicted octanol–water partition coefficient (Wildman–Crippen LogP) is 14.7. The fourth-order valence-electron chi connectivity index (χ4n) is 10.3. The summed E-state index contributed by atoms with van der Waals surface area (Å²) in [5.74, 6) is -0.335. The normalized spacial score (nSPS) is 20.9. The zero-order chi connectivity index (χ0) is 53.5. The van der Waals surface area contributed by atoms with Gasteiger partial charge in [-0.05, 0) is 19.3 Å². The molecule has 0 heterocycles. The van der Waals surface area contributed by atoms with Crippen molar-refractivity contribution in [1.82, 2.24) is 5.32 Å². The first-order valence-electron chi connectivity index (χ1n) is 31.1. The Bertz CT molecular complexity index is 1280. The number of unbranched alkanes of at least 4 members (excludes halogenated alkanes) is 43. The standard InChI is InChI=1S/C60H118NO11P/c1-3-5-7-9-11-13-15-17-18-19-20-21-22-23-24-25-26-27-28-29-30-31-32-33-34-35-36-37-38-40-42-44-46-48-50-54(63)61-52(53(62)49-47-45-43-41-39-16-14-12-10-8-6-4-2)51-71-73(69,70)72-60-58(67)56(65)55(64)57(66)59(60)68/h47,49,52-53,55-60,62,64-68H,3-46,48,50-51H2,1-2H3,(H,61,63)(H,69,70)/b49-47+/t52-,53+,55?,56+,57?,58?,59?,60?/m0/s1. The van der Waals surface area contributed by atoms with Crippen LogP contribution in [0.5, 0.6) is 0 Å². The van der Waals surface area contributed by atoms with Crippen LogP contribution in [0.3, 0.4) is 0 Å². The highest BCUT2D eigenvalue weighted by atomic mass is 31.2. The van der Waals surface area contributed by atoms with E-state index < -0.39 is 63.2 Å². The molecule has 9 atom stereocenters. The second kappa shape index (κ2) is 49.4. The summed E-state index contributed by atoms with van der Waals surface area (Å²) in [5, 5.41) is 64.2. The minimum atomic E-state index is -5.08. The Kier molecular flexibility index (Phi) is 47.4. The molecule has 1 rings (SSSR count). The molecule has 13 heteroatoms. The predicted molar refractivity (Wildman–Crippen MR) is 301 cm³/mol. The molecule has 0 aromatic heterocycles. The van der Waals surface area contributed by atoms with Gasteiger partial charge in [0.1, 0.15) is 36.6 Å². The van der Waals surface area contributed by atoms with Gasteiger partial charge < -0.3 is 40.8 Å².